The summed E-state index contributed by atoms with van der Waals surface area (Å²) in [4.78, 5) is 27.1. The Morgan fingerprint density at radius 2 is 1.88 bits per heavy atom. The maximum absolute atomic E-state index is 14.9. The highest BCUT2D eigenvalue weighted by Crippen LogP contribution is 2.39. The highest BCUT2D eigenvalue weighted by molar-refractivity contribution is 5.97. The Hall–Kier alpha value is -3.82. The van der Waals surface area contributed by atoms with Crippen LogP contribution < -0.4 is 10.1 Å². The number of aliphatic hydroxyl groups is 1. The second kappa shape index (κ2) is 13.4. The molecule has 1 amide bonds. The van der Waals surface area contributed by atoms with Crippen LogP contribution in [0, 0.1) is 29.4 Å². The lowest BCUT2D eigenvalue weighted by Crippen LogP contribution is -2.36. The van der Waals surface area contributed by atoms with E-state index in [9.17, 15) is 23.5 Å². The molecule has 1 saturated heterocycles. The number of ether oxygens (including phenoxy) is 2. The van der Waals surface area contributed by atoms with Gasteiger partial charge in [-0.1, -0.05) is 36.4 Å². The summed E-state index contributed by atoms with van der Waals surface area (Å²) >= 11 is 0. The van der Waals surface area contributed by atoms with Gasteiger partial charge >= 0.3 is 5.97 Å². The van der Waals surface area contributed by atoms with Crippen LogP contribution in [0.5, 0.6) is 5.75 Å². The van der Waals surface area contributed by atoms with Crippen molar-refractivity contribution in [2.45, 2.75) is 32.4 Å². The molecule has 0 aromatic heterocycles. The van der Waals surface area contributed by atoms with Crippen molar-refractivity contribution >= 4 is 11.9 Å². The topological polar surface area (TPSA) is 88.1 Å². The molecular weight excluding hydrogens is 542 g/mol. The maximum atomic E-state index is 14.9. The number of halogens is 2. The third kappa shape index (κ3) is 7.14. The lowest BCUT2D eigenvalue weighted by Gasteiger charge is -2.31. The Bertz CT molecular complexity index is 1410. The lowest BCUT2D eigenvalue weighted by molar-refractivity contribution is -0.122. The van der Waals surface area contributed by atoms with Gasteiger partial charge in [0.15, 0.2) is 0 Å². The van der Waals surface area contributed by atoms with Gasteiger partial charge in [-0.2, -0.15) is 0 Å². The summed E-state index contributed by atoms with van der Waals surface area (Å²) < 4.78 is 39.8. The van der Waals surface area contributed by atoms with Crippen molar-refractivity contribution in [3.63, 3.8) is 0 Å². The largest absolute Gasteiger partial charge is 0.493 e. The van der Waals surface area contributed by atoms with E-state index in [1.54, 1.807) is 6.07 Å². The first kappa shape index (κ1) is 29.7. The maximum Gasteiger partial charge on any atom is 0.341 e. The van der Waals surface area contributed by atoms with Crippen molar-refractivity contribution in [3.8, 4) is 16.9 Å². The molecule has 1 aliphatic carbocycles. The molecule has 2 N–H and O–H groups in total. The second-order valence-electron chi connectivity index (χ2n) is 11.2. The van der Waals surface area contributed by atoms with Gasteiger partial charge in [0.05, 0.1) is 13.7 Å². The van der Waals surface area contributed by atoms with Gasteiger partial charge in [-0.05, 0) is 72.7 Å². The number of carbonyl (C=O) groups excluding carboxylic acids is 2. The van der Waals surface area contributed by atoms with Crippen LogP contribution in [-0.2, 0) is 22.6 Å². The minimum Gasteiger partial charge on any atom is -0.493 e. The first-order chi connectivity index (χ1) is 20.4. The lowest BCUT2D eigenvalue weighted by atomic mass is 9.98. The fraction of sp³-hybridized carbons (Fsp3) is 0.394. The van der Waals surface area contributed by atoms with E-state index in [4.69, 9.17) is 4.74 Å². The number of benzene rings is 3. The summed E-state index contributed by atoms with van der Waals surface area (Å²) in [7, 11) is 1.16. The minimum atomic E-state index is -0.842. The first-order valence-corrected chi connectivity index (χ1v) is 14.3. The summed E-state index contributed by atoms with van der Waals surface area (Å²) in [5.41, 5.74) is 1.78. The van der Waals surface area contributed by atoms with E-state index >= 15 is 0 Å². The molecule has 1 aliphatic heterocycles. The third-order valence-corrected chi connectivity index (χ3v) is 8.13. The zero-order valence-corrected chi connectivity index (χ0v) is 23.7. The highest BCUT2D eigenvalue weighted by Gasteiger charge is 2.43. The summed E-state index contributed by atoms with van der Waals surface area (Å²) in [6.45, 7) is 3.51. The molecule has 222 valence electrons. The molecule has 0 radical (unpaired) electrons. The Kier molecular flexibility index (Phi) is 9.49. The number of likely N-dealkylation sites (tertiary alicyclic amines) is 1. The quantitative estimate of drug-likeness (QED) is 0.313. The third-order valence-electron chi connectivity index (χ3n) is 8.13. The Balaban J connectivity index is 1.08. The van der Waals surface area contributed by atoms with E-state index in [1.165, 1.54) is 29.8 Å². The average molecular weight is 579 g/mol. The van der Waals surface area contributed by atoms with Gasteiger partial charge in [-0.15, -0.1) is 0 Å². The van der Waals surface area contributed by atoms with Crippen LogP contribution in [0.4, 0.5) is 8.78 Å². The Morgan fingerprint density at radius 3 is 2.62 bits per heavy atom. The van der Waals surface area contributed by atoms with Gasteiger partial charge in [0.1, 0.15) is 22.9 Å². The number of methoxy groups -OCH3 is 1. The predicted molar refractivity (Wildman–Crippen MR) is 154 cm³/mol. The highest BCUT2D eigenvalue weighted by atomic mass is 19.1. The van der Waals surface area contributed by atoms with Crippen LogP contribution in [0.2, 0.25) is 0 Å². The standard InChI is InChI=1S/C33H36F2N2O5/c1-41-33(40)31-27(5-2-6-29(31)34)23-9-10-24(30(35)15-23)16-36-32(39)28-14-25(28)20-42-26-11-7-21(8-12-26)17-37-13-3-4-22(18-37)19-38/h2,5-12,15,22,25,28,38H,3-4,13-14,16-20H2,1H3,(H,36,39). The fourth-order valence-corrected chi connectivity index (χ4v) is 5.60. The number of rotatable bonds is 11. The number of nitrogens with one attached hydrogen (secondary N) is 1. The fourth-order valence-electron chi connectivity index (χ4n) is 5.60. The first-order valence-electron chi connectivity index (χ1n) is 14.3. The Morgan fingerprint density at radius 1 is 1.07 bits per heavy atom. The van der Waals surface area contributed by atoms with Crippen molar-refractivity contribution in [1.82, 2.24) is 10.2 Å². The van der Waals surface area contributed by atoms with Crippen molar-refractivity contribution < 1.29 is 33.0 Å². The Labute approximate surface area is 244 Å². The van der Waals surface area contributed by atoms with Gasteiger partial charge in [0.25, 0.3) is 0 Å². The number of hydrogen-bond donors (Lipinski definition) is 2. The summed E-state index contributed by atoms with van der Waals surface area (Å²) in [5, 5.41) is 12.2. The SMILES string of the molecule is COC(=O)c1c(F)cccc1-c1ccc(CNC(=O)C2CC2COc2ccc(CN3CCCC(CO)C3)cc2)c(F)c1. The number of carbonyl (C=O) groups is 2. The van der Waals surface area contributed by atoms with E-state index in [0.717, 1.165) is 51.4 Å². The zero-order chi connectivity index (χ0) is 29.6. The molecule has 2 fully saturated rings. The molecule has 0 spiro atoms. The van der Waals surface area contributed by atoms with Crippen LogP contribution >= 0.6 is 0 Å². The molecule has 3 aromatic carbocycles. The van der Waals surface area contributed by atoms with Crippen LogP contribution in [0.3, 0.4) is 0 Å². The molecule has 7 nitrogen and oxygen atoms in total. The van der Waals surface area contributed by atoms with Gasteiger partial charge in [-0.3, -0.25) is 9.69 Å². The smallest absolute Gasteiger partial charge is 0.341 e. The van der Waals surface area contributed by atoms with Crippen molar-refractivity contribution in [2.75, 3.05) is 33.4 Å². The van der Waals surface area contributed by atoms with E-state index < -0.39 is 17.6 Å². The molecule has 1 heterocycles. The van der Waals surface area contributed by atoms with Gasteiger partial charge in [-0.25, -0.2) is 13.6 Å². The molecule has 0 bridgehead atoms. The van der Waals surface area contributed by atoms with Crippen molar-refractivity contribution in [2.24, 2.45) is 17.8 Å². The van der Waals surface area contributed by atoms with E-state index in [-0.39, 0.29) is 47.6 Å². The number of nitrogens with zero attached hydrogens (tertiary/aromatic N) is 1. The minimum absolute atomic E-state index is 0.0135. The molecule has 9 heteroatoms. The molecule has 42 heavy (non-hydrogen) atoms. The number of aliphatic hydroxyl groups excluding tert-OH is 1. The molecule has 1 saturated carbocycles. The molecule has 3 aromatic rings. The van der Waals surface area contributed by atoms with Gasteiger partial charge in [0.2, 0.25) is 5.91 Å². The predicted octanol–water partition coefficient (Wildman–Crippen LogP) is 4.95. The number of piperidine rings is 1. The van der Waals surface area contributed by atoms with Gasteiger partial charge in [0, 0.05) is 43.6 Å². The van der Waals surface area contributed by atoms with E-state index in [0.29, 0.717) is 24.5 Å². The molecular formula is C33H36F2N2O5. The van der Waals surface area contributed by atoms with Crippen LogP contribution in [-0.4, -0.2) is 55.3 Å². The van der Waals surface area contributed by atoms with Crippen molar-refractivity contribution in [1.29, 1.82) is 0 Å². The van der Waals surface area contributed by atoms with Crippen LogP contribution in [0.1, 0.15) is 40.7 Å². The molecule has 2 aliphatic rings. The van der Waals surface area contributed by atoms with Crippen LogP contribution in [0.15, 0.2) is 60.7 Å². The normalized spacial score (nSPS) is 20.1. The number of esters is 1. The molecule has 3 unspecified atom stereocenters. The second-order valence-corrected chi connectivity index (χ2v) is 11.2. The van der Waals surface area contributed by atoms with Crippen LogP contribution in [0.25, 0.3) is 11.1 Å². The zero-order valence-electron chi connectivity index (χ0n) is 23.7. The summed E-state index contributed by atoms with van der Waals surface area (Å²) in [6.07, 6.45) is 2.91. The summed E-state index contributed by atoms with van der Waals surface area (Å²) in [5.74, 6) is -1.27. The summed E-state index contributed by atoms with van der Waals surface area (Å²) in [6, 6.07) is 16.5. The average Bonchev–Trinajstić information content (AvgIpc) is 3.79. The van der Waals surface area contributed by atoms with Crippen molar-refractivity contribution in [3.05, 3.63) is 89.0 Å². The number of hydrogen-bond acceptors (Lipinski definition) is 6. The van der Waals surface area contributed by atoms with E-state index in [1.807, 2.05) is 12.1 Å². The monoisotopic (exact) mass is 578 g/mol. The van der Waals surface area contributed by atoms with Gasteiger partial charge < -0.3 is 19.9 Å². The molecule has 5 rings (SSSR count). The number of amides is 1. The van der Waals surface area contributed by atoms with E-state index in [2.05, 4.69) is 27.1 Å². The molecule has 3 atom stereocenters.